The molecule has 0 amide bonds. The van der Waals surface area contributed by atoms with Crippen LogP contribution in [-0.4, -0.2) is 0 Å². The lowest BCUT2D eigenvalue weighted by Crippen LogP contribution is -2.28. The fraction of sp³-hybridized carbons (Fsp3) is 0.206. The van der Waals surface area contributed by atoms with Crippen molar-refractivity contribution in [2.45, 2.75) is 73.6 Å². The Hall–Kier alpha value is -6.90. The molecule has 0 N–H and O–H groups in total. The van der Waals surface area contributed by atoms with Gasteiger partial charge in [-0.1, -0.05) is 200 Å². The standard InChI is InChI=1S/C63H60N2/c1-9-44-21-17-19-27-55(44)64(57-38-48(30-29-41(57)3)46-23-13-11-14-24-46)59-40-60(54-34-32-50-37-52(63(6,7)8)36-49-31-33-53(59)62(54)61(49)50)65(56-28-20-18-22-45(56)10-2)58-39-51(35-42(4)43(58)5)47-25-15-12-16-26-47/h11-40,42-43H,9-10H2,1-8H3. The molecule has 2 nitrogen and oxygen atoms in total. The van der Waals surface area contributed by atoms with Gasteiger partial charge in [-0.05, 0) is 122 Å². The summed E-state index contributed by atoms with van der Waals surface area (Å²) in [5.41, 5.74) is 17.4. The summed E-state index contributed by atoms with van der Waals surface area (Å²) in [4.78, 5) is 5.25. The van der Waals surface area contributed by atoms with E-state index in [0.29, 0.717) is 5.92 Å². The highest BCUT2D eigenvalue weighted by Crippen LogP contribution is 2.53. The molecule has 65 heavy (non-hydrogen) atoms. The summed E-state index contributed by atoms with van der Waals surface area (Å²) in [6, 6.07) is 63.9. The van der Waals surface area contributed by atoms with Crippen molar-refractivity contribution < 1.29 is 0 Å². The summed E-state index contributed by atoms with van der Waals surface area (Å²) in [6.07, 6.45) is 6.78. The first-order valence-corrected chi connectivity index (χ1v) is 23.7. The van der Waals surface area contributed by atoms with Gasteiger partial charge in [-0.15, -0.1) is 0 Å². The number of para-hydroxylation sites is 2. The van der Waals surface area contributed by atoms with Crippen molar-refractivity contribution in [3.05, 3.63) is 216 Å². The number of aryl methyl sites for hydroxylation is 3. The second kappa shape index (κ2) is 16.9. The zero-order chi connectivity index (χ0) is 45.0. The molecule has 0 fully saturated rings. The van der Waals surface area contributed by atoms with E-state index in [2.05, 4.69) is 247 Å². The smallest absolute Gasteiger partial charge is 0.0561 e. The number of allylic oxidation sites excluding steroid dienone is 4. The maximum Gasteiger partial charge on any atom is 0.0561 e. The monoisotopic (exact) mass is 844 g/mol. The van der Waals surface area contributed by atoms with Crippen LogP contribution in [0.1, 0.15) is 76.3 Å². The summed E-state index contributed by atoms with van der Waals surface area (Å²) in [6.45, 7) is 18.6. The highest BCUT2D eigenvalue weighted by Gasteiger charge is 2.32. The summed E-state index contributed by atoms with van der Waals surface area (Å²) >= 11 is 0. The Morgan fingerprint density at radius 2 is 1.02 bits per heavy atom. The topological polar surface area (TPSA) is 6.48 Å². The summed E-state index contributed by atoms with van der Waals surface area (Å²) in [5, 5.41) is 7.69. The fourth-order valence-corrected chi connectivity index (χ4v) is 10.3. The Labute approximate surface area is 386 Å². The molecule has 0 aliphatic heterocycles. The van der Waals surface area contributed by atoms with Crippen molar-refractivity contribution in [2.75, 3.05) is 9.80 Å². The molecule has 1 aliphatic carbocycles. The number of benzene rings is 9. The molecular weight excluding hydrogens is 785 g/mol. The third kappa shape index (κ3) is 7.49. The second-order valence-electron chi connectivity index (χ2n) is 19.3. The minimum Gasteiger partial charge on any atom is -0.313 e. The van der Waals surface area contributed by atoms with Crippen LogP contribution in [0.25, 0.3) is 49.0 Å². The average molecular weight is 845 g/mol. The molecule has 0 heterocycles. The van der Waals surface area contributed by atoms with Crippen molar-refractivity contribution in [2.24, 2.45) is 11.8 Å². The van der Waals surface area contributed by atoms with Crippen molar-refractivity contribution in [3.63, 3.8) is 0 Å². The zero-order valence-corrected chi connectivity index (χ0v) is 39.3. The predicted octanol–water partition coefficient (Wildman–Crippen LogP) is 17.8. The lowest BCUT2D eigenvalue weighted by atomic mass is 9.81. The average Bonchev–Trinajstić information content (AvgIpc) is 3.33. The van der Waals surface area contributed by atoms with Gasteiger partial charge in [0.05, 0.1) is 11.4 Å². The van der Waals surface area contributed by atoms with Crippen LogP contribution in [0.15, 0.2) is 188 Å². The molecule has 0 radical (unpaired) electrons. The lowest BCUT2D eigenvalue weighted by Gasteiger charge is -2.39. The van der Waals surface area contributed by atoms with E-state index in [0.717, 1.165) is 12.8 Å². The van der Waals surface area contributed by atoms with E-state index in [1.54, 1.807) is 0 Å². The molecule has 0 spiro atoms. The maximum atomic E-state index is 2.66. The SMILES string of the molecule is CCc1ccccc1N(C1=CC(c2ccccc2)=CC(C)C1C)c1cc(N(c2cc(-c3ccccc3)ccc2C)c2ccccc2CC)c2ccc3cc(C(C)(C)C)cc4ccc1c2c43. The third-order valence-corrected chi connectivity index (χ3v) is 14.2. The molecular formula is C63H60N2. The van der Waals surface area contributed by atoms with Gasteiger partial charge in [0.2, 0.25) is 0 Å². The molecule has 2 unspecified atom stereocenters. The van der Waals surface area contributed by atoms with Gasteiger partial charge in [0.15, 0.2) is 0 Å². The molecule has 9 aromatic carbocycles. The van der Waals surface area contributed by atoms with Crippen molar-refractivity contribution in [1.29, 1.82) is 0 Å². The van der Waals surface area contributed by atoms with Crippen LogP contribution in [0, 0.1) is 18.8 Å². The molecule has 2 heteroatoms. The number of nitrogens with zero attached hydrogens (tertiary/aromatic N) is 2. The van der Waals surface area contributed by atoms with E-state index in [-0.39, 0.29) is 11.3 Å². The predicted molar refractivity (Wildman–Crippen MR) is 282 cm³/mol. The highest BCUT2D eigenvalue weighted by molar-refractivity contribution is 6.29. The first-order valence-electron chi connectivity index (χ1n) is 23.7. The minimum atomic E-state index is 0.00760. The molecule has 0 saturated carbocycles. The summed E-state index contributed by atoms with van der Waals surface area (Å²) in [5.74, 6) is 0.554. The van der Waals surface area contributed by atoms with Crippen LogP contribution in [0.4, 0.5) is 28.4 Å². The number of hydrogen-bond donors (Lipinski definition) is 0. The Bertz CT molecular complexity index is 3240. The first kappa shape index (κ1) is 42.1. The van der Waals surface area contributed by atoms with Gasteiger partial charge >= 0.3 is 0 Å². The van der Waals surface area contributed by atoms with Crippen LogP contribution < -0.4 is 9.80 Å². The van der Waals surface area contributed by atoms with Gasteiger partial charge in [-0.2, -0.15) is 0 Å². The Kier molecular flexibility index (Phi) is 10.9. The molecule has 10 rings (SSSR count). The van der Waals surface area contributed by atoms with Gasteiger partial charge in [0.25, 0.3) is 0 Å². The molecule has 322 valence electrons. The number of hydrogen-bond acceptors (Lipinski definition) is 2. The van der Waals surface area contributed by atoms with Gasteiger partial charge in [-0.3, -0.25) is 0 Å². The van der Waals surface area contributed by atoms with E-state index >= 15 is 0 Å². The normalized spacial score (nSPS) is 15.4. The van der Waals surface area contributed by atoms with Gasteiger partial charge < -0.3 is 9.80 Å². The van der Waals surface area contributed by atoms with Crippen LogP contribution in [0.3, 0.4) is 0 Å². The molecule has 2 atom stereocenters. The zero-order valence-electron chi connectivity index (χ0n) is 39.3. The molecule has 0 bridgehead atoms. The van der Waals surface area contributed by atoms with Gasteiger partial charge in [-0.25, -0.2) is 0 Å². The summed E-state index contributed by atoms with van der Waals surface area (Å²) < 4.78 is 0. The summed E-state index contributed by atoms with van der Waals surface area (Å²) in [7, 11) is 0. The highest BCUT2D eigenvalue weighted by atomic mass is 15.2. The van der Waals surface area contributed by atoms with E-state index in [4.69, 9.17) is 0 Å². The van der Waals surface area contributed by atoms with Crippen LogP contribution >= 0.6 is 0 Å². The molecule has 0 aromatic heterocycles. The van der Waals surface area contributed by atoms with Gasteiger partial charge in [0, 0.05) is 44.8 Å². The van der Waals surface area contributed by atoms with E-state index in [9.17, 15) is 0 Å². The molecule has 1 aliphatic rings. The molecule has 0 saturated heterocycles. The van der Waals surface area contributed by atoms with Crippen LogP contribution in [0.5, 0.6) is 0 Å². The largest absolute Gasteiger partial charge is 0.313 e. The van der Waals surface area contributed by atoms with Crippen LogP contribution in [0.2, 0.25) is 0 Å². The molecule has 9 aromatic rings. The maximum absolute atomic E-state index is 2.66. The Balaban J connectivity index is 1.37. The van der Waals surface area contributed by atoms with Crippen molar-refractivity contribution >= 4 is 66.3 Å². The Morgan fingerprint density at radius 3 is 1.60 bits per heavy atom. The van der Waals surface area contributed by atoms with Crippen molar-refractivity contribution in [3.8, 4) is 11.1 Å². The van der Waals surface area contributed by atoms with Gasteiger partial charge in [0.1, 0.15) is 0 Å². The van der Waals surface area contributed by atoms with E-state index < -0.39 is 0 Å². The van der Waals surface area contributed by atoms with E-state index in [1.807, 2.05) is 0 Å². The van der Waals surface area contributed by atoms with Crippen molar-refractivity contribution in [1.82, 2.24) is 0 Å². The Morgan fingerprint density at radius 1 is 0.477 bits per heavy atom. The second-order valence-corrected chi connectivity index (χ2v) is 19.3. The fourth-order valence-electron chi connectivity index (χ4n) is 10.3. The van der Waals surface area contributed by atoms with E-state index in [1.165, 1.54) is 111 Å². The lowest BCUT2D eigenvalue weighted by molar-refractivity contribution is 0.517. The third-order valence-electron chi connectivity index (χ3n) is 14.2. The number of rotatable bonds is 10. The quantitative estimate of drug-likeness (QED) is 0.127. The van der Waals surface area contributed by atoms with Crippen LogP contribution in [-0.2, 0) is 18.3 Å². The first-order chi connectivity index (χ1) is 31.5. The number of anilines is 5. The minimum absolute atomic E-state index is 0.00760.